The fraction of sp³-hybridized carbons (Fsp3) is 0.750. The second-order valence-electron chi connectivity index (χ2n) is 7.10. The van der Waals surface area contributed by atoms with E-state index in [0.717, 1.165) is 18.7 Å². The summed E-state index contributed by atoms with van der Waals surface area (Å²) >= 11 is 0. The highest BCUT2D eigenvalue weighted by molar-refractivity contribution is 7.90. The van der Waals surface area contributed by atoms with Crippen LogP contribution in [0.25, 0.3) is 0 Å². The van der Waals surface area contributed by atoms with E-state index in [4.69, 9.17) is 0 Å². The first-order chi connectivity index (χ1) is 11.4. The number of likely N-dealkylation sites (tertiary alicyclic amines) is 1. The normalized spacial score (nSPS) is 25.1. The van der Waals surface area contributed by atoms with Crippen LogP contribution >= 0.6 is 0 Å². The zero-order chi connectivity index (χ0) is 17.3. The van der Waals surface area contributed by atoms with Gasteiger partial charge in [-0.1, -0.05) is 6.92 Å². The Bertz CT molecular complexity index is 696. The number of aryl methyl sites for hydroxylation is 1. The summed E-state index contributed by atoms with van der Waals surface area (Å²) in [6.07, 6.45) is 4.50. The van der Waals surface area contributed by atoms with E-state index < -0.39 is 9.84 Å². The summed E-state index contributed by atoms with van der Waals surface area (Å²) in [5.41, 5.74) is 1.37. The zero-order valence-electron chi connectivity index (χ0n) is 14.3. The lowest BCUT2D eigenvalue weighted by Crippen LogP contribution is -2.41. The van der Waals surface area contributed by atoms with E-state index in [9.17, 15) is 13.2 Å². The number of nitrogens with zero attached hydrogens (tertiary/aromatic N) is 2. The topological polar surface area (TPSA) is 95.2 Å². The standard InChI is InChI=1S/C16H26N4O3S/c1-3-12-8-14(19-18-12)16(21)17-15-10-20(6-7-24(2,22)23)9-13(15)11-4-5-11/h8,11,13,15H,3-7,9-10H2,1-2H3,(H,17,21)(H,18,19)/t13-,15+/m1/s1. The minimum Gasteiger partial charge on any atom is -0.346 e. The fourth-order valence-electron chi connectivity index (χ4n) is 3.45. The van der Waals surface area contributed by atoms with E-state index >= 15 is 0 Å². The minimum absolute atomic E-state index is 0.0753. The lowest BCUT2D eigenvalue weighted by molar-refractivity contribution is 0.0923. The number of hydrogen-bond acceptors (Lipinski definition) is 5. The number of rotatable bonds is 7. The van der Waals surface area contributed by atoms with E-state index in [1.807, 2.05) is 6.92 Å². The molecule has 1 saturated carbocycles. The third-order valence-corrected chi connectivity index (χ3v) is 5.93. The molecule has 0 unspecified atom stereocenters. The molecule has 3 rings (SSSR count). The Morgan fingerprint density at radius 2 is 2.17 bits per heavy atom. The zero-order valence-corrected chi connectivity index (χ0v) is 15.1. The maximum atomic E-state index is 12.4. The molecule has 1 aromatic rings. The van der Waals surface area contributed by atoms with E-state index in [2.05, 4.69) is 20.4 Å². The molecule has 7 nitrogen and oxygen atoms in total. The summed E-state index contributed by atoms with van der Waals surface area (Å²) in [6, 6.07) is 1.86. The van der Waals surface area contributed by atoms with Crippen molar-refractivity contribution in [2.75, 3.05) is 31.6 Å². The molecule has 2 heterocycles. The van der Waals surface area contributed by atoms with Gasteiger partial charge in [0, 0.05) is 37.6 Å². The quantitative estimate of drug-likeness (QED) is 0.742. The molecule has 2 N–H and O–H groups in total. The van der Waals surface area contributed by atoms with E-state index in [1.165, 1.54) is 19.1 Å². The smallest absolute Gasteiger partial charge is 0.272 e. The van der Waals surface area contributed by atoms with Crippen LogP contribution in [0.2, 0.25) is 0 Å². The molecule has 1 aliphatic heterocycles. The van der Waals surface area contributed by atoms with Gasteiger partial charge < -0.3 is 5.32 Å². The number of sulfone groups is 1. The molecular weight excluding hydrogens is 328 g/mol. The molecule has 0 aromatic carbocycles. The molecule has 2 fully saturated rings. The molecule has 1 aliphatic carbocycles. The number of amides is 1. The van der Waals surface area contributed by atoms with Gasteiger partial charge in [0.2, 0.25) is 0 Å². The third-order valence-electron chi connectivity index (χ3n) is 5.01. The van der Waals surface area contributed by atoms with Crippen molar-refractivity contribution in [2.45, 2.75) is 32.2 Å². The van der Waals surface area contributed by atoms with Crippen molar-refractivity contribution in [3.8, 4) is 0 Å². The third kappa shape index (κ3) is 4.36. The second-order valence-corrected chi connectivity index (χ2v) is 9.36. The molecule has 24 heavy (non-hydrogen) atoms. The van der Waals surface area contributed by atoms with Crippen molar-refractivity contribution in [3.05, 3.63) is 17.5 Å². The lowest BCUT2D eigenvalue weighted by Gasteiger charge is -2.18. The monoisotopic (exact) mass is 354 g/mol. The predicted octanol–water partition coefficient (Wildman–Crippen LogP) is 0.457. The summed E-state index contributed by atoms with van der Waals surface area (Å²) < 4.78 is 22.8. The van der Waals surface area contributed by atoms with E-state index in [1.54, 1.807) is 6.07 Å². The number of aromatic nitrogens is 2. The van der Waals surface area contributed by atoms with Gasteiger partial charge in [-0.25, -0.2) is 8.42 Å². The van der Waals surface area contributed by atoms with Gasteiger partial charge in [0.25, 0.3) is 5.91 Å². The van der Waals surface area contributed by atoms with Gasteiger partial charge in [-0.3, -0.25) is 14.8 Å². The van der Waals surface area contributed by atoms with Crippen LogP contribution in [0.15, 0.2) is 6.07 Å². The first-order valence-corrected chi connectivity index (χ1v) is 10.7. The Morgan fingerprint density at radius 1 is 1.42 bits per heavy atom. The Labute approximate surface area is 143 Å². The van der Waals surface area contributed by atoms with Crippen LogP contribution < -0.4 is 5.32 Å². The average molecular weight is 354 g/mol. The van der Waals surface area contributed by atoms with Crippen LogP contribution in [-0.4, -0.2) is 67.1 Å². The number of H-pyrrole nitrogens is 1. The maximum Gasteiger partial charge on any atom is 0.272 e. The maximum absolute atomic E-state index is 12.4. The van der Waals surface area contributed by atoms with E-state index in [0.29, 0.717) is 30.6 Å². The predicted molar refractivity (Wildman–Crippen MR) is 91.6 cm³/mol. The van der Waals surface area contributed by atoms with Gasteiger partial charge >= 0.3 is 0 Å². The first-order valence-electron chi connectivity index (χ1n) is 8.61. The highest BCUT2D eigenvalue weighted by Gasteiger charge is 2.43. The Morgan fingerprint density at radius 3 is 2.75 bits per heavy atom. The number of carbonyl (C=O) groups is 1. The molecule has 8 heteroatoms. The number of nitrogens with one attached hydrogen (secondary N) is 2. The molecule has 1 aromatic heterocycles. The van der Waals surface area contributed by atoms with Crippen molar-refractivity contribution in [1.29, 1.82) is 0 Å². The van der Waals surface area contributed by atoms with Gasteiger partial charge in [-0.15, -0.1) is 0 Å². The van der Waals surface area contributed by atoms with Crippen LogP contribution in [0, 0.1) is 11.8 Å². The molecular formula is C16H26N4O3S. The average Bonchev–Trinajstić information content (AvgIpc) is 3.10. The molecule has 0 bridgehead atoms. The van der Waals surface area contributed by atoms with Crippen molar-refractivity contribution >= 4 is 15.7 Å². The van der Waals surface area contributed by atoms with Crippen LogP contribution in [0.3, 0.4) is 0 Å². The molecule has 1 amide bonds. The van der Waals surface area contributed by atoms with Gasteiger partial charge in [-0.2, -0.15) is 5.10 Å². The molecule has 2 aliphatic rings. The highest BCUT2D eigenvalue weighted by atomic mass is 32.2. The van der Waals surface area contributed by atoms with Gasteiger partial charge in [0.05, 0.1) is 5.75 Å². The minimum atomic E-state index is -2.96. The molecule has 134 valence electrons. The number of hydrogen-bond donors (Lipinski definition) is 2. The SMILES string of the molecule is CCc1cc(C(=O)N[C@H]2CN(CCS(C)(=O)=O)C[C@@H]2C2CC2)n[nH]1. The molecule has 0 spiro atoms. The van der Waals surface area contributed by atoms with Crippen molar-refractivity contribution in [3.63, 3.8) is 0 Å². The van der Waals surface area contributed by atoms with Crippen molar-refractivity contribution in [1.82, 2.24) is 20.4 Å². The summed E-state index contributed by atoms with van der Waals surface area (Å²) in [4.78, 5) is 14.6. The Balaban J connectivity index is 1.61. The first kappa shape index (κ1) is 17.4. The van der Waals surface area contributed by atoms with Crippen LogP contribution in [0.4, 0.5) is 0 Å². The van der Waals surface area contributed by atoms with Crippen LogP contribution in [0.5, 0.6) is 0 Å². The summed E-state index contributed by atoms with van der Waals surface area (Å²) in [7, 11) is -2.96. The summed E-state index contributed by atoms with van der Waals surface area (Å²) in [5.74, 6) is 1.10. The van der Waals surface area contributed by atoms with Gasteiger partial charge in [0.15, 0.2) is 0 Å². The van der Waals surface area contributed by atoms with Crippen molar-refractivity contribution in [2.24, 2.45) is 11.8 Å². The molecule has 1 saturated heterocycles. The van der Waals surface area contributed by atoms with Gasteiger partial charge in [-0.05, 0) is 37.2 Å². The largest absolute Gasteiger partial charge is 0.346 e. The summed E-state index contributed by atoms with van der Waals surface area (Å²) in [5, 5.41) is 10.1. The number of aromatic amines is 1. The van der Waals surface area contributed by atoms with E-state index in [-0.39, 0.29) is 17.7 Å². The van der Waals surface area contributed by atoms with Crippen molar-refractivity contribution < 1.29 is 13.2 Å². The Hall–Kier alpha value is -1.41. The fourth-order valence-corrected chi connectivity index (χ4v) is 4.04. The number of carbonyl (C=O) groups excluding carboxylic acids is 1. The lowest BCUT2D eigenvalue weighted by atomic mass is 9.98. The second kappa shape index (κ2) is 6.84. The van der Waals surface area contributed by atoms with Crippen LogP contribution in [0.1, 0.15) is 35.9 Å². The molecule has 2 atom stereocenters. The van der Waals surface area contributed by atoms with Gasteiger partial charge in [0.1, 0.15) is 15.5 Å². The van der Waals surface area contributed by atoms with Crippen LogP contribution in [-0.2, 0) is 16.3 Å². The molecule has 0 radical (unpaired) electrons. The highest BCUT2D eigenvalue weighted by Crippen LogP contribution is 2.41. The summed E-state index contributed by atoms with van der Waals surface area (Å²) in [6.45, 7) is 4.13. The Kier molecular flexibility index (Phi) is 4.96.